The van der Waals surface area contributed by atoms with E-state index in [-0.39, 0.29) is 22.2 Å². The summed E-state index contributed by atoms with van der Waals surface area (Å²) >= 11 is 0. The molecule has 2 rings (SSSR count). The summed E-state index contributed by atoms with van der Waals surface area (Å²) in [5, 5.41) is 15.9. The van der Waals surface area contributed by atoms with Gasteiger partial charge in [0.05, 0.1) is 0 Å². The van der Waals surface area contributed by atoms with Crippen molar-refractivity contribution >= 4 is 0 Å². The molecule has 0 aromatic carbocycles. The van der Waals surface area contributed by atoms with E-state index in [9.17, 15) is 0 Å². The van der Waals surface area contributed by atoms with Gasteiger partial charge in [-0.2, -0.15) is 0 Å². The monoisotopic (exact) mass is 546 g/mol. The van der Waals surface area contributed by atoms with Crippen molar-refractivity contribution in [3.63, 3.8) is 0 Å². The average molecular weight is 547 g/mol. The van der Waals surface area contributed by atoms with Crippen LogP contribution in [0.3, 0.4) is 0 Å². The summed E-state index contributed by atoms with van der Waals surface area (Å²) in [7, 11) is 0. The van der Waals surface area contributed by atoms with Gasteiger partial charge in [-0.15, -0.1) is 52.6 Å². The summed E-state index contributed by atoms with van der Waals surface area (Å²) in [5.74, 6) is 0. The van der Waals surface area contributed by atoms with E-state index in [0.29, 0.717) is 12.1 Å². The Balaban J connectivity index is 2.16. The maximum absolute atomic E-state index is 4.08. The van der Waals surface area contributed by atoms with E-state index < -0.39 is 0 Å². The van der Waals surface area contributed by atoms with Crippen molar-refractivity contribution in [1.82, 2.24) is 21.3 Å². The van der Waals surface area contributed by atoms with Gasteiger partial charge < -0.3 is 21.3 Å². The van der Waals surface area contributed by atoms with Crippen molar-refractivity contribution in [2.24, 2.45) is 0 Å². The zero-order chi connectivity index (χ0) is 29.5. The molecular weight excluding hydrogens is 488 g/mol. The molecule has 0 radical (unpaired) electrons. The highest BCUT2D eigenvalue weighted by Crippen LogP contribution is 2.40. The molecule has 2 heterocycles. The van der Waals surface area contributed by atoms with Crippen LogP contribution in [-0.4, -0.2) is 47.3 Å². The third-order valence-electron chi connectivity index (χ3n) is 8.88. The Bertz CT molecular complexity index is 707. The molecule has 2 aliphatic rings. The van der Waals surface area contributed by atoms with Crippen LogP contribution in [0.4, 0.5) is 0 Å². The van der Waals surface area contributed by atoms with Gasteiger partial charge in [0.2, 0.25) is 0 Å². The number of hydrogen-bond acceptors (Lipinski definition) is 4. The molecule has 4 nitrogen and oxygen atoms in total. The Morgan fingerprint density at radius 3 is 0.800 bits per heavy atom. The summed E-state index contributed by atoms with van der Waals surface area (Å²) in [6.45, 7) is 34.4. The van der Waals surface area contributed by atoms with Gasteiger partial charge in [-0.1, -0.05) is 48.6 Å². The van der Waals surface area contributed by atoms with E-state index in [1.165, 1.54) is 0 Å². The smallest absolute Gasteiger partial charge is 0.0270 e. The summed E-state index contributed by atoms with van der Waals surface area (Å²) in [6, 6.07) is 0.772. The molecule has 0 aromatic heterocycles. The second-order valence-corrected chi connectivity index (χ2v) is 12.4. The Morgan fingerprint density at radius 1 is 0.425 bits per heavy atom. The van der Waals surface area contributed by atoms with Crippen LogP contribution in [-0.2, 0) is 0 Å². The first kappa shape index (κ1) is 34.0. The Kier molecular flexibility index (Phi) is 13.8. The first-order valence-electron chi connectivity index (χ1n) is 15.2. The minimum Gasteiger partial charge on any atom is -0.313 e. The Labute approximate surface area is 246 Å². The minimum absolute atomic E-state index is 0.0577. The molecule has 2 fully saturated rings. The molecule has 0 unspecified atom stereocenters. The standard InChI is InChI=1S/C36H58N4/c1-9-17-33(18-10-2)27-31(28-34(39-33,19-11-3)20-12-4)37-25-26-38-32-29-35(21-13-5,22-14-6)40-36(30-32,23-15-7)24-16-8/h9-16,31-32,37-40H,1-8,17-30H2. The molecule has 0 aromatic rings. The van der Waals surface area contributed by atoms with Crippen LogP contribution in [0.1, 0.15) is 77.0 Å². The number of hydrogen-bond donors (Lipinski definition) is 4. The third kappa shape index (κ3) is 9.14. The van der Waals surface area contributed by atoms with Crippen LogP contribution in [0.15, 0.2) is 101 Å². The van der Waals surface area contributed by atoms with Crippen LogP contribution in [0.25, 0.3) is 0 Å². The van der Waals surface area contributed by atoms with Gasteiger partial charge in [0, 0.05) is 47.3 Å². The molecule has 0 atom stereocenters. The first-order chi connectivity index (χ1) is 19.3. The van der Waals surface area contributed by atoms with Crippen molar-refractivity contribution in [3.8, 4) is 0 Å². The molecule has 2 saturated heterocycles. The highest BCUT2D eigenvalue weighted by molar-refractivity contribution is 5.15. The van der Waals surface area contributed by atoms with E-state index in [1.54, 1.807) is 0 Å². The number of nitrogens with one attached hydrogen (secondary N) is 4. The number of rotatable bonds is 21. The lowest BCUT2D eigenvalue weighted by atomic mass is 9.70. The summed E-state index contributed by atoms with van der Waals surface area (Å²) in [5.41, 5.74) is -0.231. The van der Waals surface area contributed by atoms with Gasteiger partial charge in [0.1, 0.15) is 0 Å². The van der Waals surface area contributed by atoms with Gasteiger partial charge in [-0.05, 0) is 77.0 Å². The molecule has 2 aliphatic heterocycles. The van der Waals surface area contributed by atoms with Gasteiger partial charge in [-0.3, -0.25) is 0 Å². The van der Waals surface area contributed by atoms with Crippen LogP contribution in [0, 0.1) is 0 Å². The fraction of sp³-hybridized carbons (Fsp3) is 0.556. The topological polar surface area (TPSA) is 48.1 Å². The second kappa shape index (κ2) is 16.3. The van der Waals surface area contributed by atoms with Crippen LogP contribution >= 0.6 is 0 Å². The second-order valence-electron chi connectivity index (χ2n) is 12.4. The van der Waals surface area contributed by atoms with Gasteiger partial charge in [-0.25, -0.2) is 0 Å². The number of piperidine rings is 2. The molecule has 4 N–H and O–H groups in total. The van der Waals surface area contributed by atoms with E-state index in [0.717, 1.165) is 90.1 Å². The van der Waals surface area contributed by atoms with Crippen molar-refractivity contribution in [2.75, 3.05) is 13.1 Å². The normalized spacial score (nSPS) is 21.5. The van der Waals surface area contributed by atoms with Crippen LogP contribution < -0.4 is 21.3 Å². The molecule has 0 spiro atoms. The zero-order valence-electron chi connectivity index (χ0n) is 25.3. The fourth-order valence-corrected chi connectivity index (χ4v) is 7.82. The highest BCUT2D eigenvalue weighted by Gasteiger charge is 2.46. The van der Waals surface area contributed by atoms with Gasteiger partial charge in [0.25, 0.3) is 0 Å². The third-order valence-corrected chi connectivity index (χ3v) is 8.88. The molecule has 0 aliphatic carbocycles. The van der Waals surface area contributed by atoms with E-state index >= 15 is 0 Å². The van der Waals surface area contributed by atoms with E-state index in [2.05, 4.69) is 73.9 Å². The predicted octanol–water partition coefficient (Wildman–Crippen LogP) is 7.23. The lowest BCUT2D eigenvalue weighted by Gasteiger charge is -2.53. The Hall–Kier alpha value is -2.24. The van der Waals surface area contributed by atoms with Crippen molar-refractivity contribution < 1.29 is 0 Å². The van der Waals surface area contributed by atoms with Gasteiger partial charge >= 0.3 is 0 Å². The molecule has 4 heteroatoms. The van der Waals surface area contributed by atoms with Crippen LogP contribution in [0.5, 0.6) is 0 Å². The van der Waals surface area contributed by atoms with E-state index in [1.807, 2.05) is 48.6 Å². The summed E-state index contributed by atoms with van der Waals surface area (Å²) in [4.78, 5) is 0. The molecule has 40 heavy (non-hydrogen) atoms. The zero-order valence-corrected chi connectivity index (χ0v) is 25.3. The summed E-state index contributed by atoms with van der Waals surface area (Å²) in [6.07, 6.45) is 27.8. The van der Waals surface area contributed by atoms with Crippen molar-refractivity contribution in [2.45, 2.75) is 111 Å². The minimum atomic E-state index is -0.0577. The maximum atomic E-state index is 4.08. The molecule has 0 saturated carbocycles. The largest absolute Gasteiger partial charge is 0.313 e. The molecule has 0 bridgehead atoms. The average Bonchev–Trinajstić information content (AvgIpc) is 2.87. The SMILES string of the molecule is C=CCC1(CC=C)CC(NCCNC2CC(CC=C)(CC=C)NC(CC=C)(CC=C)C2)CC(CC=C)(CC=C)N1. The lowest BCUT2D eigenvalue weighted by Crippen LogP contribution is -2.67. The van der Waals surface area contributed by atoms with Crippen molar-refractivity contribution in [1.29, 1.82) is 0 Å². The Morgan fingerprint density at radius 2 is 0.625 bits per heavy atom. The highest BCUT2D eigenvalue weighted by atomic mass is 15.1. The molecular formula is C36H58N4. The lowest BCUT2D eigenvalue weighted by molar-refractivity contribution is 0.0968. The van der Waals surface area contributed by atoms with Gasteiger partial charge in [0.15, 0.2) is 0 Å². The summed E-state index contributed by atoms with van der Waals surface area (Å²) < 4.78 is 0. The van der Waals surface area contributed by atoms with Crippen molar-refractivity contribution in [3.05, 3.63) is 101 Å². The molecule has 222 valence electrons. The first-order valence-corrected chi connectivity index (χ1v) is 15.2. The molecule has 0 amide bonds. The van der Waals surface area contributed by atoms with Crippen LogP contribution in [0.2, 0.25) is 0 Å². The quantitative estimate of drug-likeness (QED) is 0.0906. The maximum Gasteiger partial charge on any atom is 0.0270 e. The fourth-order valence-electron chi connectivity index (χ4n) is 7.82. The van der Waals surface area contributed by atoms with E-state index in [4.69, 9.17) is 0 Å². The predicted molar refractivity (Wildman–Crippen MR) is 178 cm³/mol.